The maximum atomic E-state index is 13.9. The van der Waals surface area contributed by atoms with Crippen LogP contribution in [0.1, 0.15) is 39.3 Å². The van der Waals surface area contributed by atoms with Crippen LogP contribution in [-0.2, 0) is 0 Å². The van der Waals surface area contributed by atoms with Crippen molar-refractivity contribution in [2.24, 2.45) is 0 Å². The molecule has 18 heavy (non-hydrogen) atoms. The van der Waals surface area contributed by atoms with E-state index in [1.807, 2.05) is 7.05 Å². The molecule has 4 heteroatoms. The molecular formula is C14H24FN3. The summed E-state index contributed by atoms with van der Waals surface area (Å²) in [6.07, 6.45) is 2.92. The predicted molar refractivity (Wildman–Crippen MR) is 73.0 cm³/mol. The van der Waals surface area contributed by atoms with Crippen LogP contribution in [-0.4, -0.2) is 35.6 Å². The molecule has 1 aromatic rings. The molecule has 102 valence electrons. The average Bonchev–Trinajstić information content (AvgIpc) is 2.33. The van der Waals surface area contributed by atoms with Gasteiger partial charge < -0.3 is 5.32 Å². The molecule has 1 unspecified atom stereocenters. The molecule has 1 N–H and O–H groups in total. The molecule has 0 bridgehead atoms. The average molecular weight is 253 g/mol. The van der Waals surface area contributed by atoms with E-state index in [1.54, 1.807) is 12.3 Å². The zero-order chi connectivity index (χ0) is 13.8. The molecule has 0 amide bonds. The Morgan fingerprint density at radius 2 is 2.00 bits per heavy atom. The van der Waals surface area contributed by atoms with Crippen LogP contribution in [0, 0.1) is 5.82 Å². The van der Waals surface area contributed by atoms with Crippen molar-refractivity contribution in [2.45, 2.75) is 39.3 Å². The van der Waals surface area contributed by atoms with Gasteiger partial charge in [-0.1, -0.05) is 13.8 Å². The fourth-order valence-electron chi connectivity index (χ4n) is 2.73. The van der Waals surface area contributed by atoms with Crippen LogP contribution < -0.4 is 5.32 Å². The molecule has 0 aliphatic carbocycles. The minimum Gasteiger partial charge on any atom is -0.311 e. The van der Waals surface area contributed by atoms with Crippen LogP contribution >= 0.6 is 0 Å². The maximum absolute atomic E-state index is 13.9. The van der Waals surface area contributed by atoms with Gasteiger partial charge in [-0.3, -0.25) is 9.88 Å². The Hall–Kier alpha value is -1.00. The Morgan fingerprint density at radius 3 is 2.44 bits per heavy atom. The minimum atomic E-state index is -0.253. The summed E-state index contributed by atoms with van der Waals surface area (Å²) in [5, 5.41) is 3.24. The van der Waals surface area contributed by atoms with Gasteiger partial charge in [-0.05, 0) is 40.1 Å². The number of halogens is 1. The highest BCUT2D eigenvalue weighted by atomic mass is 19.1. The minimum absolute atomic E-state index is 0.0691. The molecule has 0 saturated heterocycles. The highest BCUT2D eigenvalue weighted by Crippen LogP contribution is 2.31. The number of nitrogens with one attached hydrogen (secondary N) is 1. The summed E-state index contributed by atoms with van der Waals surface area (Å²) in [6, 6.07) is 1.68. The van der Waals surface area contributed by atoms with Gasteiger partial charge in [0.15, 0.2) is 0 Å². The van der Waals surface area contributed by atoms with E-state index in [4.69, 9.17) is 0 Å². The second kappa shape index (κ2) is 6.25. The first-order valence-electron chi connectivity index (χ1n) is 6.50. The second-order valence-corrected chi connectivity index (χ2v) is 4.94. The molecule has 0 aromatic carbocycles. The van der Waals surface area contributed by atoms with Crippen LogP contribution in [0.4, 0.5) is 4.39 Å². The first-order chi connectivity index (χ1) is 8.48. The Labute approximate surface area is 109 Å². The Balaban J connectivity index is 3.13. The number of rotatable bonds is 6. The fourth-order valence-corrected chi connectivity index (χ4v) is 2.73. The largest absolute Gasteiger partial charge is 0.311 e. The quantitative estimate of drug-likeness (QED) is 0.844. The van der Waals surface area contributed by atoms with Crippen LogP contribution in [0.25, 0.3) is 0 Å². The lowest BCUT2D eigenvalue weighted by atomic mass is 9.87. The molecule has 3 nitrogen and oxygen atoms in total. The molecule has 1 heterocycles. The third-order valence-electron chi connectivity index (χ3n) is 3.69. The van der Waals surface area contributed by atoms with Crippen LogP contribution in [0.5, 0.6) is 0 Å². The lowest BCUT2D eigenvalue weighted by molar-refractivity contribution is 0.0929. The molecule has 0 saturated carbocycles. The van der Waals surface area contributed by atoms with E-state index in [0.717, 1.165) is 13.1 Å². The number of hydrogen-bond acceptors (Lipinski definition) is 3. The summed E-state index contributed by atoms with van der Waals surface area (Å²) >= 11 is 0. The Kier molecular flexibility index (Phi) is 5.23. The van der Waals surface area contributed by atoms with Gasteiger partial charge in [0.1, 0.15) is 5.82 Å². The van der Waals surface area contributed by atoms with Gasteiger partial charge in [0.05, 0.1) is 12.2 Å². The highest BCUT2D eigenvalue weighted by Gasteiger charge is 2.35. The second-order valence-electron chi connectivity index (χ2n) is 4.94. The van der Waals surface area contributed by atoms with Crippen molar-refractivity contribution in [2.75, 3.05) is 20.1 Å². The van der Waals surface area contributed by atoms with Crippen LogP contribution in [0.15, 0.2) is 18.5 Å². The number of pyridine rings is 1. The first-order valence-corrected chi connectivity index (χ1v) is 6.50. The van der Waals surface area contributed by atoms with Gasteiger partial charge in [-0.15, -0.1) is 0 Å². The standard InChI is InChI=1S/C14H24FN3/c1-6-18(7-2)14(3,4)13(16-5)11-8-9-17-10-12(11)15/h8-10,13,16H,6-7H2,1-5H3. The van der Waals surface area contributed by atoms with E-state index in [1.165, 1.54) is 6.20 Å². The molecule has 0 radical (unpaired) electrons. The van der Waals surface area contributed by atoms with Crippen molar-refractivity contribution in [3.05, 3.63) is 29.8 Å². The van der Waals surface area contributed by atoms with E-state index in [9.17, 15) is 4.39 Å². The molecule has 0 spiro atoms. The Bertz CT molecular complexity index is 375. The van der Waals surface area contributed by atoms with Gasteiger partial charge in [0.2, 0.25) is 0 Å². The van der Waals surface area contributed by atoms with Gasteiger partial charge in [0, 0.05) is 17.3 Å². The molecule has 1 aromatic heterocycles. The topological polar surface area (TPSA) is 28.2 Å². The van der Waals surface area contributed by atoms with E-state index in [2.05, 4.69) is 42.9 Å². The van der Waals surface area contributed by atoms with Gasteiger partial charge in [-0.25, -0.2) is 4.39 Å². The van der Waals surface area contributed by atoms with Crippen molar-refractivity contribution in [1.29, 1.82) is 0 Å². The normalized spacial score (nSPS) is 13.9. The Morgan fingerprint density at radius 1 is 1.39 bits per heavy atom. The van der Waals surface area contributed by atoms with Crippen molar-refractivity contribution in [3.63, 3.8) is 0 Å². The highest BCUT2D eigenvalue weighted by molar-refractivity contribution is 5.21. The van der Waals surface area contributed by atoms with Crippen molar-refractivity contribution < 1.29 is 4.39 Å². The molecule has 0 fully saturated rings. The number of aromatic nitrogens is 1. The molecule has 1 rings (SSSR count). The molecule has 0 aliphatic heterocycles. The third kappa shape index (κ3) is 2.87. The summed E-state index contributed by atoms with van der Waals surface area (Å²) in [5.41, 5.74) is 0.505. The SMILES string of the molecule is CCN(CC)C(C)(C)C(NC)c1ccncc1F. The van der Waals surface area contributed by atoms with Gasteiger partial charge >= 0.3 is 0 Å². The molecule has 1 atom stereocenters. The van der Waals surface area contributed by atoms with Gasteiger partial charge in [-0.2, -0.15) is 0 Å². The van der Waals surface area contributed by atoms with E-state index in [0.29, 0.717) is 5.56 Å². The fraction of sp³-hybridized carbons (Fsp3) is 0.643. The molecular weight excluding hydrogens is 229 g/mol. The third-order valence-corrected chi connectivity index (χ3v) is 3.69. The van der Waals surface area contributed by atoms with Crippen LogP contribution in [0.2, 0.25) is 0 Å². The zero-order valence-corrected chi connectivity index (χ0v) is 12.0. The lowest BCUT2D eigenvalue weighted by Crippen LogP contribution is -2.52. The summed E-state index contributed by atoms with van der Waals surface area (Å²) in [6.45, 7) is 10.4. The number of likely N-dealkylation sites (N-methyl/N-ethyl adjacent to an activating group) is 2. The summed E-state index contributed by atoms with van der Waals surface area (Å²) < 4.78 is 13.9. The van der Waals surface area contributed by atoms with E-state index < -0.39 is 0 Å². The van der Waals surface area contributed by atoms with Crippen LogP contribution in [0.3, 0.4) is 0 Å². The smallest absolute Gasteiger partial charge is 0.146 e. The van der Waals surface area contributed by atoms with Crippen molar-refractivity contribution >= 4 is 0 Å². The first kappa shape index (κ1) is 15.1. The maximum Gasteiger partial charge on any atom is 0.146 e. The van der Waals surface area contributed by atoms with E-state index in [-0.39, 0.29) is 17.4 Å². The van der Waals surface area contributed by atoms with Crippen molar-refractivity contribution in [3.8, 4) is 0 Å². The number of nitrogens with zero attached hydrogens (tertiary/aromatic N) is 2. The predicted octanol–water partition coefficient (Wildman–Crippen LogP) is 2.60. The lowest BCUT2D eigenvalue weighted by Gasteiger charge is -2.43. The zero-order valence-electron chi connectivity index (χ0n) is 12.0. The van der Waals surface area contributed by atoms with Gasteiger partial charge in [0.25, 0.3) is 0 Å². The monoisotopic (exact) mass is 253 g/mol. The molecule has 0 aliphatic rings. The summed E-state index contributed by atoms with van der Waals surface area (Å²) in [4.78, 5) is 6.14. The summed E-state index contributed by atoms with van der Waals surface area (Å²) in [5.74, 6) is -0.253. The summed E-state index contributed by atoms with van der Waals surface area (Å²) in [7, 11) is 1.87. The number of hydrogen-bond donors (Lipinski definition) is 1. The van der Waals surface area contributed by atoms with E-state index >= 15 is 0 Å². The van der Waals surface area contributed by atoms with Crippen molar-refractivity contribution in [1.82, 2.24) is 15.2 Å².